The van der Waals surface area contributed by atoms with Crippen LogP contribution >= 0.6 is 0 Å². The molecule has 0 unspecified atom stereocenters. The second kappa shape index (κ2) is 3.28. The van der Waals surface area contributed by atoms with Crippen molar-refractivity contribution < 1.29 is 4.79 Å². The number of nitrogens with zero attached hydrogens (tertiary/aromatic N) is 1. The van der Waals surface area contributed by atoms with Crippen LogP contribution in [0.1, 0.15) is 27.0 Å². The number of hydrogen-bond acceptors (Lipinski definition) is 2. The molecule has 3 heteroatoms. The van der Waals surface area contributed by atoms with Gasteiger partial charge in [0.25, 0.3) is 0 Å². The second-order valence-electron chi connectivity index (χ2n) is 2.89. The van der Waals surface area contributed by atoms with E-state index in [-0.39, 0.29) is 0 Å². The van der Waals surface area contributed by atoms with Crippen LogP contribution in [0.3, 0.4) is 0 Å². The standard InChI is InChI=1S/C10H10N2O/c1-6-7(2)9(10(12)13)4-3-8(6)5-11/h3-4H,1-2H3,(H2,12,13). The van der Waals surface area contributed by atoms with Crippen LogP contribution in [0.15, 0.2) is 12.1 Å². The molecule has 0 atom stereocenters. The third-order valence-corrected chi connectivity index (χ3v) is 2.17. The summed E-state index contributed by atoms with van der Waals surface area (Å²) in [7, 11) is 0. The molecule has 0 aliphatic heterocycles. The molecule has 0 spiro atoms. The minimum atomic E-state index is -0.454. The van der Waals surface area contributed by atoms with Gasteiger partial charge in [-0.05, 0) is 37.1 Å². The molecule has 1 rings (SSSR count). The minimum Gasteiger partial charge on any atom is -0.366 e. The zero-order valence-corrected chi connectivity index (χ0v) is 7.59. The fraction of sp³-hybridized carbons (Fsp3) is 0.200. The lowest BCUT2D eigenvalue weighted by Crippen LogP contribution is -2.13. The third-order valence-electron chi connectivity index (χ3n) is 2.17. The van der Waals surface area contributed by atoms with Gasteiger partial charge in [0.15, 0.2) is 0 Å². The van der Waals surface area contributed by atoms with E-state index in [2.05, 4.69) is 6.07 Å². The molecule has 0 aromatic heterocycles. The van der Waals surface area contributed by atoms with Gasteiger partial charge in [-0.1, -0.05) is 0 Å². The van der Waals surface area contributed by atoms with Gasteiger partial charge >= 0.3 is 0 Å². The summed E-state index contributed by atoms with van der Waals surface area (Å²) in [4.78, 5) is 10.9. The number of nitriles is 1. The zero-order valence-electron chi connectivity index (χ0n) is 7.59. The monoisotopic (exact) mass is 174 g/mol. The van der Waals surface area contributed by atoms with E-state index in [0.717, 1.165) is 11.1 Å². The maximum Gasteiger partial charge on any atom is 0.248 e. The van der Waals surface area contributed by atoms with Crippen molar-refractivity contribution in [2.75, 3.05) is 0 Å². The highest BCUT2D eigenvalue weighted by molar-refractivity contribution is 5.94. The predicted molar refractivity (Wildman–Crippen MR) is 49.1 cm³/mol. The molecule has 0 aliphatic rings. The smallest absolute Gasteiger partial charge is 0.248 e. The Balaban J connectivity index is 3.42. The number of rotatable bonds is 1. The molecular formula is C10H10N2O. The Labute approximate surface area is 76.8 Å². The molecular weight excluding hydrogens is 164 g/mol. The molecule has 0 fully saturated rings. The number of carbonyl (C=O) groups is 1. The molecule has 1 aromatic carbocycles. The Hall–Kier alpha value is -1.82. The van der Waals surface area contributed by atoms with E-state index in [1.165, 1.54) is 0 Å². The highest BCUT2D eigenvalue weighted by Gasteiger charge is 2.09. The number of nitrogens with two attached hydrogens (primary N) is 1. The van der Waals surface area contributed by atoms with E-state index in [1.54, 1.807) is 26.0 Å². The van der Waals surface area contributed by atoms with E-state index in [9.17, 15) is 4.79 Å². The summed E-state index contributed by atoms with van der Waals surface area (Å²) in [6.07, 6.45) is 0. The first-order valence-electron chi connectivity index (χ1n) is 3.88. The number of amides is 1. The number of carbonyl (C=O) groups excluding carboxylic acids is 1. The van der Waals surface area contributed by atoms with Gasteiger partial charge in [-0.2, -0.15) is 5.26 Å². The maximum absolute atomic E-state index is 10.9. The molecule has 2 N–H and O–H groups in total. The van der Waals surface area contributed by atoms with Gasteiger partial charge in [-0.25, -0.2) is 0 Å². The van der Waals surface area contributed by atoms with Crippen LogP contribution in [-0.2, 0) is 0 Å². The van der Waals surface area contributed by atoms with Crippen molar-refractivity contribution in [2.45, 2.75) is 13.8 Å². The summed E-state index contributed by atoms with van der Waals surface area (Å²) in [5, 5.41) is 8.71. The lowest BCUT2D eigenvalue weighted by atomic mass is 9.98. The summed E-state index contributed by atoms with van der Waals surface area (Å²) in [5.41, 5.74) is 7.82. The van der Waals surface area contributed by atoms with Crippen molar-refractivity contribution in [2.24, 2.45) is 5.73 Å². The average Bonchev–Trinajstić information content (AvgIpc) is 2.09. The van der Waals surface area contributed by atoms with E-state index < -0.39 is 5.91 Å². The summed E-state index contributed by atoms with van der Waals surface area (Å²) in [6, 6.07) is 5.25. The molecule has 66 valence electrons. The zero-order chi connectivity index (χ0) is 10.0. The first kappa shape index (κ1) is 9.27. The van der Waals surface area contributed by atoms with E-state index >= 15 is 0 Å². The van der Waals surface area contributed by atoms with Gasteiger partial charge in [-0.15, -0.1) is 0 Å². The van der Waals surface area contributed by atoms with Gasteiger partial charge in [-0.3, -0.25) is 4.79 Å². The van der Waals surface area contributed by atoms with Crippen LogP contribution in [0.5, 0.6) is 0 Å². The first-order chi connectivity index (χ1) is 6.07. The summed E-state index contributed by atoms with van der Waals surface area (Å²) in [5.74, 6) is -0.454. The number of primary amides is 1. The second-order valence-corrected chi connectivity index (χ2v) is 2.89. The van der Waals surface area contributed by atoms with Crippen LogP contribution in [0.2, 0.25) is 0 Å². The molecule has 0 saturated heterocycles. The third kappa shape index (κ3) is 1.52. The Bertz CT molecular complexity index is 402. The van der Waals surface area contributed by atoms with Gasteiger partial charge < -0.3 is 5.73 Å². The molecule has 1 amide bonds. The van der Waals surface area contributed by atoms with Crippen LogP contribution < -0.4 is 5.73 Å². The van der Waals surface area contributed by atoms with Crippen molar-refractivity contribution in [1.29, 1.82) is 5.26 Å². The van der Waals surface area contributed by atoms with Gasteiger partial charge in [0.1, 0.15) is 0 Å². The quantitative estimate of drug-likeness (QED) is 0.696. The fourth-order valence-electron chi connectivity index (χ4n) is 1.21. The lowest BCUT2D eigenvalue weighted by molar-refractivity contribution is 0.0999. The molecule has 13 heavy (non-hydrogen) atoms. The fourth-order valence-corrected chi connectivity index (χ4v) is 1.21. The largest absolute Gasteiger partial charge is 0.366 e. The van der Waals surface area contributed by atoms with Crippen molar-refractivity contribution in [3.8, 4) is 6.07 Å². The lowest BCUT2D eigenvalue weighted by Gasteiger charge is -2.06. The van der Waals surface area contributed by atoms with Gasteiger partial charge in [0.2, 0.25) is 5.91 Å². The van der Waals surface area contributed by atoms with Crippen molar-refractivity contribution in [1.82, 2.24) is 0 Å². The molecule has 3 nitrogen and oxygen atoms in total. The Morgan fingerprint density at radius 2 is 2.00 bits per heavy atom. The summed E-state index contributed by atoms with van der Waals surface area (Å²) >= 11 is 0. The van der Waals surface area contributed by atoms with E-state index in [1.807, 2.05) is 0 Å². The Kier molecular flexibility index (Phi) is 2.34. The van der Waals surface area contributed by atoms with Crippen LogP contribution in [0.4, 0.5) is 0 Å². The SMILES string of the molecule is Cc1c(C#N)ccc(C(N)=O)c1C. The molecule has 0 saturated carbocycles. The molecule has 0 radical (unpaired) electrons. The van der Waals surface area contributed by atoms with Gasteiger partial charge in [0.05, 0.1) is 11.6 Å². The first-order valence-corrected chi connectivity index (χ1v) is 3.88. The molecule has 0 aliphatic carbocycles. The molecule has 1 aromatic rings. The highest BCUT2D eigenvalue weighted by atomic mass is 16.1. The number of hydrogen-bond donors (Lipinski definition) is 1. The van der Waals surface area contributed by atoms with E-state index in [4.69, 9.17) is 11.0 Å². The topological polar surface area (TPSA) is 66.9 Å². The number of benzene rings is 1. The molecule has 0 heterocycles. The van der Waals surface area contributed by atoms with Crippen LogP contribution in [0, 0.1) is 25.2 Å². The van der Waals surface area contributed by atoms with Gasteiger partial charge in [0, 0.05) is 5.56 Å². The van der Waals surface area contributed by atoms with Crippen LogP contribution in [0.25, 0.3) is 0 Å². The minimum absolute atomic E-state index is 0.454. The van der Waals surface area contributed by atoms with Crippen LogP contribution in [-0.4, -0.2) is 5.91 Å². The molecule has 0 bridgehead atoms. The summed E-state index contributed by atoms with van der Waals surface area (Å²) in [6.45, 7) is 3.59. The Morgan fingerprint density at radius 3 is 2.46 bits per heavy atom. The summed E-state index contributed by atoms with van der Waals surface area (Å²) < 4.78 is 0. The van der Waals surface area contributed by atoms with Crippen molar-refractivity contribution >= 4 is 5.91 Å². The highest BCUT2D eigenvalue weighted by Crippen LogP contribution is 2.16. The Morgan fingerprint density at radius 1 is 1.38 bits per heavy atom. The maximum atomic E-state index is 10.9. The normalized spacial score (nSPS) is 9.31. The predicted octanol–water partition coefficient (Wildman–Crippen LogP) is 1.27. The van der Waals surface area contributed by atoms with E-state index in [0.29, 0.717) is 11.1 Å². The van der Waals surface area contributed by atoms with Crippen molar-refractivity contribution in [3.63, 3.8) is 0 Å². The van der Waals surface area contributed by atoms with Crippen molar-refractivity contribution in [3.05, 3.63) is 34.4 Å². The average molecular weight is 174 g/mol.